The average molecular weight is 159 g/mol. The zero-order valence-corrected chi connectivity index (χ0v) is 6.70. The lowest BCUT2D eigenvalue weighted by Gasteiger charge is -2.12. The maximum absolute atomic E-state index is 10.2. The van der Waals surface area contributed by atoms with Crippen molar-refractivity contribution in [3.63, 3.8) is 0 Å². The average Bonchev–Trinajstić information content (AvgIpc) is 1.85. The van der Waals surface area contributed by atoms with Gasteiger partial charge in [-0.2, -0.15) is 0 Å². The van der Waals surface area contributed by atoms with Gasteiger partial charge in [-0.05, 0) is 13.3 Å². The molecule has 0 rings (SSSR count). The number of amides is 1. The zero-order chi connectivity index (χ0) is 8.85. The molecule has 0 heterocycles. The Labute approximate surface area is 65.6 Å². The summed E-state index contributed by atoms with van der Waals surface area (Å²) in [5.41, 5.74) is 0. The van der Waals surface area contributed by atoms with E-state index in [1.807, 2.05) is 0 Å². The van der Waals surface area contributed by atoms with Gasteiger partial charge in [0.1, 0.15) is 6.29 Å². The van der Waals surface area contributed by atoms with E-state index in [0.717, 1.165) is 6.29 Å². The maximum Gasteiger partial charge on any atom is 0.404 e. The van der Waals surface area contributed by atoms with E-state index in [4.69, 9.17) is 5.11 Å². The molecule has 11 heavy (non-hydrogen) atoms. The molecule has 0 radical (unpaired) electrons. The van der Waals surface area contributed by atoms with Crippen LogP contribution in [0.3, 0.4) is 0 Å². The summed E-state index contributed by atoms with van der Waals surface area (Å²) in [6.07, 6.45) is 0.325. The first-order valence-corrected chi connectivity index (χ1v) is 3.51. The molecule has 0 saturated heterocycles. The fourth-order valence-electron chi connectivity index (χ4n) is 0.883. The molecule has 1 amide bonds. The van der Waals surface area contributed by atoms with Crippen molar-refractivity contribution >= 4 is 12.4 Å². The molecule has 0 aromatic heterocycles. The minimum Gasteiger partial charge on any atom is -0.465 e. The summed E-state index contributed by atoms with van der Waals surface area (Å²) < 4.78 is 0. The van der Waals surface area contributed by atoms with Gasteiger partial charge in [-0.25, -0.2) is 4.79 Å². The summed E-state index contributed by atoms with van der Waals surface area (Å²) in [5.74, 6) is -0.0863. The fourth-order valence-corrected chi connectivity index (χ4v) is 0.883. The van der Waals surface area contributed by atoms with Crippen molar-refractivity contribution in [3.05, 3.63) is 0 Å². The van der Waals surface area contributed by atoms with Gasteiger partial charge in [-0.15, -0.1) is 0 Å². The molecule has 4 nitrogen and oxygen atoms in total. The van der Waals surface area contributed by atoms with E-state index < -0.39 is 6.09 Å². The molecule has 0 bridgehead atoms. The summed E-state index contributed by atoms with van der Waals surface area (Å²) in [5, 5.41) is 10.5. The van der Waals surface area contributed by atoms with E-state index >= 15 is 0 Å². The number of nitrogens with one attached hydrogen (secondary N) is 1. The second kappa shape index (κ2) is 4.71. The van der Waals surface area contributed by atoms with Crippen molar-refractivity contribution in [3.8, 4) is 0 Å². The molecule has 0 aliphatic heterocycles. The van der Waals surface area contributed by atoms with Gasteiger partial charge in [-0.3, -0.25) is 0 Å². The first-order chi connectivity index (χ1) is 5.06. The molecular formula is C7H13NO3. The van der Waals surface area contributed by atoms with Crippen molar-refractivity contribution in [2.75, 3.05) is 0 Å². The predicted molar refractivity (Wildman–Crippen MR) is 40.5 cm³/mol. The number of carbonyl (C=O) groups is 2. The van der Waals surface area contributed by atoms with Crippen molar-refractivity contribution in [2.24, 2.45) is 5.92 Å². The molecule has 4 heteroatoms. The second-order valence-corrected chi connectivity index (χ2v) is 2.70. The van der Waals surface area contributed by atoms with E-state index in [9.17, 15) is 9.59 Å². The number of rotatable bonds is 4. The molecule has 0 aliphatic rings. The highest BCUT2D eigenvalue weighted by Gasteiger charge is 2.08. The lowest BCUT2D eigenvalue weighted by molar-refractivity contribution is -0.110. The molecule has 0 fully saturated rings. The first-order valence-electron chi connectivity index (χ1n) is 3.51. The Morgan fingerprint density at radius 3 is 2.55 bits per heavy atom. The van der Waals surface area contributed by atoms with Crippen LogP contribution in [-0.4, -0.2) is 23.5 Å². The van der Waals surface area contributed by atoms with Gasteiger partial charge in [0.05, 0.1) is 0 Å². The van der Waals surface area contributed by atoms with Crippen LogP contribution in [0.1, 0.15) is 20.3 Å². The topological polar surface area (TPSA) is 66.4 Å². The molecule has 0 aromatic rings. The summed E-state index contributed by atoms with van der Waals surface area (Å²) in [7, 11) is 0. The van der Waals surface area contributed by atoms with Gasteiger partial charge < -0.3 is 15.2 Å². The highest BCUT2D eigenvalue weighted by atomic mass is 16.4. The van der Waals surface area contributed by atoms with Gasteiger partial charge in [0, 0.05) is 12.0 Å². The summed E-state index contributed by atoms with van der Waals surface area (Å²) in [6.45, 7) is 3.49. The SMILES string of the molecule is CC(C=O)CC(C)NC(=O)O. The maximum atomic E-state index is 10.2. The third kappa shape index (κ3) is 5.39. The van der Waals surface area contributed by atoms with E-state index in [0.29, 0.717) is 6.42 Å². The highest BCUT2D eigenvalue weighted by molar-refractivity contribution is 5.64. The molecule has 0 saturated carbocycles. The van der Waals surface area contributed by atoms with Crippen LogP contribution in [0, 0.1) is 5.92 Å². The number of carboxylic acid groups (broad SMARTS) is 1. The van der Waals surface area contributed by atoms with Crippen LogP contribution in [0.5, 0.6) is 0 Å². The number of carbonyl (C=O) groups excluding carboxylic acids is 1. The van der Waals surface area contributed by atoms with Crippen molar-refractivity contribution in [2.45, 2.75) is 26.3 Å². The van der Waals surface area contributed by atoms with Crippen LogP contribution in [0.15, 0.2) is 0 Å². The van der Waals surface area contributed by atoms with E-state index in [1.165, 1.54) is 0 Å². The summed E-state index contributed by atoms with van der Waals surface area (Å²) in [6, 6.07) is -0.160. The summed E-state index contributed by atoms with van der Waals surface area (Å²) >= 11 is 0. The number of hydrogen-bond donors (Lipinski definition) is 2. The standard InChI is InChI=1S/C7H13NO3/c1-5(4-9)3-6(2)8-7(10)11/h4-6,8H,3H2,1-2H3,(H,10,11). The Morgan fingerprint density at radius 1 is 1.64 bits per heavy atom. The van der Waals surface area contributed by atoms with Crippen molar-refractivity contribution < 1.29 is 14.7 Å². The van der Waals surface area contributed by atoms with Crippen LogP contribution in [0.25, 0.3) is 0 Å². The van der Waals surface area contributed by atoms with Crippen LogP contribution in [0.2, 0.25) is 0 Å². The third-order valence-electron chi connectivity index (χ3n) is 1.33. The lowest BCUT2D eigenvalue weighted by Crippen LogP contribution is -2.32. The molecule has 2 atom stereocenters. The molecule has 0 aromatic carbocycles. The Kier molecular flexibility index (Phi) is 4.26. The zero-order valence-electron chi connectivity index (χ0n) is 6.70. The Bertz CT molecular complexity index is 147. The van der Waals surface area contributed by atoms with Gasteiger partial charge in [0.15, 0.2) is 0 Å². The van der Waals surface area contributed by atoms with Crippen LogP contribution in [0.4, 0.5) is 4.79 Å². The van der Waals surface area contributed by atoms with E-state index in [1.54, 1.807) is 13.8 Å². The third-order valence-corrected chi connectivity index (χ3v) is 1.33. The lowest BCUT2D eigenvalue weighted by atomic mass is 10.1. The molecule has 2 unspecified atom stereocenters. The number of aldehydes is 1. The quantitative estimate of drug-likeness (QED) is 0.598. The minimum atomic E-state index is -1.05. The molecule has 64 valence electrons. The Hall–Kier alpha value is -1.06. The largest absolute Gasteiger partial charge is 0.465 e. The normalized spacial score (nSPS) is 15.1. The second-order valence-electron chi connectivity index (χ2n) is 2.70. The van der Waals surface area contributed by atoms with Crippen LogP contribution >= 0.6 is 0 Å². The molecular weight excluding hydrogens is 146 g/mol. The van der Waals surface area contributed by atoms with E-state index in [2.05, 4.69) is 5.32 Å². The summed E-state index contributed by atoms with van der Waals surface area (Å²) in [4.78, 5) is 20.2. The minimum absolute atomic E-state index is 0.0863. The molecule has 2 N–H and O–H groups in total. The van der Waals surface area contributed by atoms with Gasteiger partial charge in [-0.1, -0.05) is 6.92 Å². The van der Waals surface area contributed by atoms with Gasteiger partial charge in [0.25, 0.3) is 0 Å². The Balaban J connectivity index is 3.59. The fraction of sp³-hybridized carbons (Fsp3) is 0.714. The van der Waals surface area contributed by atoms with Crippen molar-refractivity contribution in [1.82, 2.24) is 5.32 Å². The smallest absolute Gasteiger partial charge is 0.404 e. The monoisotopic (exact) mass is 159 g/mol. The Morgan fingerprint density at radius 2 is 2.18 bits per heavy atom. The van der Waals surface area contributed by atoms with Crippen molar-refractivity contribution in [1.29, 1.82) is 0 Å². The molecule has 0 aliphatic carbocycles. The van der Waals surface area contributed by atoms with Crippen LogP contribution < -0.4 is 5.32 Å². The number of hydrogen-bond acceptors (Lipinski definition) is 2. The van der Waals surface area contributed by atoms with E-state index in [-0.39, 0.29) is 12.0 Å². The predicted octanol–water partition coefficient (Wildman–Crippen LogP) is 0.868. The molecule has 0 spiro atoms. The highest BCUT2D eigenvalue weighted by Crippen LogP contribution is 2.01. The van der Waals surface area contributed by atoms with Gasteiger partial charge >= 0.3 is 6.09 Å². The van der Waals surface area contributed by atoms with Gasteiger partial charge in [0.2, 0.25) is 0 Å². The van der Waals surface area contributed by atoms with Crippen LogP contribution in [-0.2, 0) is 4.79 Å². The first kappa shape index (κ1) is 9.94.